The molecule has 1 aliphatic heterocycles. The second-order valence-electron chi connectivity index (χ2n) is 5.71. The number of likely N-dealkylation sites (N-methyl/N-ethyl adjacent to an activating group) is 1. The molecule has 1 heterocycles. The van der Waals surface area contributed by atoms with E-state index in [-0.39, 0.29) is 0 Å². The van der Waals surface area contributed by atoms with E-state index in [0.717, 1.165) is 12.0 Å². The van der Waals surface area contributed by atoms with Crippen molar-refractivity contribution < 1.29 is 0 Å². The summed E-state index contributed by atoms with van der Waals surface area (Å²) in [7, 11) is 0. The molecule has 1 rings (SSSR count). The van der Waals surface area contributed by atoms with Gasteiger partial charge in [0, 0.05) is 24.7 Å². The molecule has 0 aromatic carbocycles. The van der Waals surface area contributed by atoms with Gasteiger partial charge in [-0.05, 0) is 31.7 Å². The Hall–Kier alpha value is -0.0800. The third-order valence-corrected chi connectivity index (χ3v) is 4.24. The van der Waals surface area contributed by atoms with Gasteiger partial charge in [0.25, 0.3) is 0 Å². The number of nitrogens with one attached hydrogen (secondary N) is 1. The molecule has 0 aromatic heterocycles. The highest BCUT2D eigenvalue weighted by atomic mass is 15.2. The van der Waals surface area contributed by atoms with E-state index < -0.39 is 0 Å². The van der Waals surface area contributed by atoms with Crippen molar-refractivity contribution in [3.8, 4) is 0 Å². The average molecular weight is 226 g/mol. The van der Waals surface area contributed by atoms with Crippen molar-refractivity contribution >= 4 is 0 Å². The van der Waals surface area contributed by atoms with Crippen LogP contribution in [0.25, 0.3) is 0 Å². The maximum atomic E-state index is 3.81. The number of hydrogen-bond acceptors (Lipinski definition) is 2. The summed E-state index contributed by atoms with van der Waals surface area (Å²) >= 11 is 0. The van der Waals surface area contributed by atoms with Crippen molar-refractivity contribution in [3.63, 3.8) is 0 Å². The van der Waals surface area contributed by atoms with Crippen molar-refractivity contribution in [1.29, 1.82) is 0 Å². The number of rotatable bonds is 5. The SMILES string of the molecule is CCN1CC(CC)(CC)NCC1CC(C)C. The molecule has 2 nitrogen and oxygen atoms in total. The molecule has 2 heteroatoms. The van der Waals surface area contributed by atoms with Crippen LogP contribution in [0.15, 0.2) is 0 Å². The van der Waals surface area contributed by atoms with Crippen molar-refractivity contribution in [2.45, 2.75) is 65.5 Å². The lowest BCUT2D eigenvalue weighted by atomic mass is 9.87. The molecule has 1 atom stereocenters. The quantitative estimate of drug-likeness (QED) is 0.775. The second-order valence-corrected chi connectivity index (χ2v) is 5.71. The summed E-state index contributed by atoms with van der Waals surface area (Å²) in [4.78, 5) is 2.68. The molecule has 0 aromatic rings. The van der Waals surface area contributed by atoms with Gasteiger partial charge in [0.1, 0.15) is 0 Å². The summed E-state index contributed by atoms with van der Waals surface area (Å²) in [5.41, 5.74) is 0.378. The number of hydrogen-bond donors (Lipinski definition) is 1. The van der Waals surface area contributed by atoms with Gasteiger partial charge in [0.05, 0.1) is 0 Å². The Labute approximate surface area is 102 Å². The Kier molecular flexibility index (Phi) is 5.26. The van der Waals surface area contributed by atoms with Crippen molar-refractivity contribution in [3.05, 3.63) is 0 Å². The van der Waals surface area contributed by atoms with E-state index in [1.54, 1.807) is 0 Å². The molecular weight excluding hydrogens is 196 g/mol. The van der Waals surface area contributed by atoms with E-state index in [1.807, 2.05) is 0 Å². The lowest BCUT2D eigenvalue weighted by Crippen LogP contribution is -2.63. The van der Waals surface area contributed by atoms with Crippen molar-refractivity contribution in [2.75, 3.05) is 19.6 Å². The van der Waals surface area contributed by atoms with Crippen LogP contribution < -0.4 is 5.32 Å². The van der Waals surface area contributed by atoms with E-state index >= 15 is 0 Å². The Morgan fingerprint density at radius 2 is 1.88 bits per heavy atom. The van der Waals surface area contributed by atoms with E-state index in [4.69, 9.17) is 0 Å². The lowest BCUT2D eigenvalue weighted by molar-refractivity contribution is 0.0669. The topological polar surface area (TPSA) is 15.3 Å². The Bertz CT molecular complexity index is 197. The van der Waals surface area contributed by atoms with E-state index in [9.17, 15) is 0 Å². The molecule has 0 radical (unpaired) electrons. The predicted octanol–water partition coefficient (Wildman–Crippen LogP) is 2.89. The minimum Gasteiger partial charge on any atom is -0.308 e. The molecule has 1 N–H and O–H groups in total. The zero-order valence-corrected chi connectivity index (χ0v) is 11.8. The van der Waals surface area contributed by atoms with Gasteiger partial charge in [-0.15, -0.1) is 0 Å². The van der Waals surface area contributed by atoms with Crippen molar-refractivity contribution in [1.82, 2.24) is 10.2 Å². The highest BCUT2D eigenvalue weighted by Crippen LogP contribution is 2.24. The molecule has 0 bridgehead atoms. The molecule has 16 heavy (non-hydrogen) atoms. The first-order valence-electron chi connectivity index (χ1n) is 7.06. The largest absolute Gasteiger partial charge is 0.308 e. The van der Waals surface area contributed by atoms with Gasteiger partial charge in [0.2, 0.25) is 0 Å². The minimum atomic E-state index is 0.378. The van der Waals surface area contributed by atoms with Gasteiger partial charge in [-0.25, -0.2) is 0 Å². The van der Waals surface area contributed by atoms with Gasteiger partial charge < -0.3 is 5.32 Å². The fraction of sp³-hybridized carbons (Fsp3) is 1.00. The fourth-order valence-corrected chi connectivity index (χ4v) is 2.91. The Morgan fingerprint density at radius 1 is 1.25 bits per heavy atom. The summed E-state index contributed by atoms with van der Waals surface area (Å²) in [6.45, 7) is 15.2. The monoisotopic (exact) mass is 226 g/mol. The zero-order chi connectivity index (χ0) is 12.2. The minimum absolute atomic E-state index is 0.378. The van der Waals surface area contributed by atoms with Crippen LogP contribution >= 0.6 is 0 Å². The molecule has 0 saturated carbocycles. The summed E-state index contributed by atoms with van der Waals surface area (Å²) in [6, 6.07) is 0.747. The second kappa shape index (κ2) is 6.02. The van der Waals surface area contributed by atoms with Gasteiger partial charge in [-0.3, -0.25) is 4.90 Å². The highest BCUT2D eigenvalue weighted by Gasteiger charge is 2.35. The average Bonchev–Trinajstić information content (AvgIpc) is 2.29. The van der Waals surface area contributed by atoms with E-state index in [1.165, 1.54) is 38.9 Å². The molecule has 96 valence electrons. The highest BCUT2D eigenvalue weighted by molar-refractivity contribution is 4.96. The fourth-order valence-electron chi connectivity index (χ4n) is 2.91. The first kappa shape index (κ1) is 14.0. The molecule has 1 fully saturated rings. The first-order chi connectivity index (χ1) is 7.56. The first-order valence-corrected chi connectivity index (χ1v) is 7.06. The van der Waals surface area contributed by atoms with Gasteiger partial charge in [0.15, 0.2) is 0 Å². The predicted molar refractivity (Wildman–Crippen MR) is 71.8 cm³/mol. The molecule has 0 amide bonds. The third kappa shape index (κ3) is 3.21. The molecule has 1 unspecified atom stereocenters. The maximum absolute atomic E-state index is 3.81. The normalized spacial score (nSPS) is 26.2. The van der Waals surface area contributed by atoms with E-state index in [0.29, 0.717) is 5.54 Å². The summed E-state index contributed by atoms with van der Waals surface area (Å²) < 4.78 is 0. The van der Waals surface area contributed by atoms with Crippen LogP contribution in [0.2, 0.25) is 0 Å². The smallest absolute Gasteiger partial charge is 0.0304 e. The number of piperazine rings is 1. The Morgan fingerprint density at radius 3 is 2.31 bits per heavy atom. The van der Waals surface area contributed by atoms with Crippen LogP contribution in [0.5, 0.6) is 0 Å². The van der Waals surface area contributed by atoms with Crippen LogP contribution in [0, 0.1) is 5.92 Å². The lowest BCUT2D eigenvalue weighted by Gasteiger charge is -2.47. The van der Waals surface area contributed by atoms with Gasteiger partial charge in [-0.2, -0.15) is 0 Å². The third-order valence-electron chi connectivity index (χ3n) is 4.24. The molecule has 1 saturated heterocycles. The zero-order valence-electron chi connectivity index (χ0n) is 11.8. The number of nitrogens with zero attached hydrogens (tertiary/aromatic N) is 1. The van der Waals surface area contributed by atoms with Crippen LogP contribution in [-0.2, 0) is 0 Å². The standard InChI is InChI=1S/C14H30N2/c1-6-14(7-2)11-16(8-3)13(10-15-14)9-12(4)5/h12-13,15H,6-11H2,1-5H3. The Balaban J connectivity index is 2.62. The van der Waals surface area contributed by atoms with Crippen LogP contribution in [0.1, 0.15) is 53.9 Å². The van der Waals surface area contributed by atoms with Gasteiger partial charge in [-0.1, -0.05) is 34.6 Å². The van der Waals surface area contributed by atoms with Crippen LogP contribution in [0.4, 0.5) is 0 Å². The molecule has 0 aliphatic carbocycles. The van der Waals surface area contributed by atoms with E-state index in [2.05, 4.69) is 44.8 Å². The molecule has 1 aliphatic rings. The van der Waals surface area contributed by atoms with Crippen LogP contribution in [-0.4, -0.2) is 36.1 Å². The summed E-state index contributed by atoms with van der Waals surface area (Å²) in [5, 5.41) is 3.81. The summed E-state index contributed by atoms with van der Waals surface area (Å²) in [6.07, 6.45) is 3.81. The van der Waals surface area contributed by atoms with Crippen molar-refractivity contribution in [2.24, 2.45) is 5.92 Å². The van der Waals surface area contributed by atoms with Gasteiger partial charge >= 0.3 is 0 Å². The van der Waals surface area contributed by atoms with Crippen LogP contribution in [0.3, 0.4) is 0 Å². The maximum Gasteiger partial charge on any atom is 0.0304 e. The molecular formula is C14H30N2. The summed E-state index contributed by atoms with van der Waals surface area (Å²) in [5.74, 6) is 0.802. The molecule has 0 spiro atoms.